The minimum absolute atomic E-state index is 0.142. The van der Waals surface area contributed by atoms with E-state index >= 15 is 0 Å². The molecule has 1 fully saturated rings. The van der Waals surface area contributed by atoms with Gasteiger partial charge >= 0.3 is 0 Å². The van der Waals surface area contributed by atoms with Gasteiger partial charge in [-0.05, 0) is 25.0 Å². The number of hydrogen-bond acceptors (Lipinski definition) is 2. The third-order valence-corrected chi connectivity index (χ3v) is 3.73. The van der Waals surface area contributed by atoms with Crippen LogP contribution in [0.1, 0.15) is 32.1 Å². The maximum Gasteiger partial charge on any atom is 0.210 e. The molecule has 7 heteroatoms. The number of anilines is 1. The molecule has 1 aromatic rings. The molecule has 1 aliphatic carbocycles. The summed E-state index contributed by atoms with van der Waals surface area (Å²) in [6, 6.07) is 2.50. The first-order valence-corrected chi connectivity index (χ1v) is 7.35. The van der Waals surface area contributed by atoms with E-state index in [0.29, 0.717) is 4.47 Å². The molecule has 1 aromatic carbocycles. The van der Waals surface area contributed by atoms with Crippen LogP contribution in [0.15, 0.2) is 21.6 Å². The molecule has 4 nitrogen and oxygen atoms in total. The predicted molar refractivity (Wildman–Crippen MR) is 79.3 cm³/mol. The molecule has 0 amide bonds. The highest BCUT2D eigenvalue weighted by atomic mass is 79.9. The second-order valence-corrected chi connectivity index (χ2v) is 5.70. The van der Waals surface area contributed by atoms with Crippen molar-refractivity contribution in [2.24, 2.45) is 10.8 Å². The SMILES string of the molecule is NNC(=NC1CCCCC1)Nc1c(F)cc(Br)cc1F. The van der Waals surface area contributed by atoms with Gasteiger partial charge in [0, 0.05) is 4.47 Å². The molecule has 110 valence electrons. The highest BCUT2D eigenvalue weighted by molar-refractivity contribution is 9.10. The van der Waals surface area contributed by atoms with Crippen molar-refractivity contribution in [1.82, 2.24) is 5.43 Å². The van der Waals surface area contributed by atoms with Crippen LogP contribution in [0.25, 0.3) is 0 Å². The number of nitrogens with one attached hydrogen (secondary N) is 2. The largest absolute Gasteiger partial charge is 0.320 e. The first kappa shape index (κ1) is 15.2. The van der Waals surface area contributed by atoms with Gasteiger partial charge in [0.05, 0.1) is 6.04 Å². The Morgan fingerprint density at radius 1 is 1.20 bits per heavy atom. The molecule has 1 aliphatic rings. The van der Waals surface area contributed by atoms with Gasteiger partial charge in [-0.2, -0.15) is 0 Å². The van der Waals surface area contributed by atoms with Crippen molar-refractivity contribution in [2.45, 2.75) is 38.1 Å². The van der Waals surface area contributed by atoms with Crippen LogP contribution in [0.3, 0.4) is 0 Å². The molecular formula is C13H17BrF2N4. The van der Waals surface area contributed by atoms with E-state index in [1.807, 2.05) is 0 Å². The van der Waals surface area contributed by atoms with E-state index in [2.05, 4.69) is 31.7 Å². The molecule has 0 heterocycles. The molecule has 0 saturated heterocycles. The quantitative estimate of drug-likeness (QED) is 0.333. The molecule has 0 radical (unpaired) electrons. The molecule has 2 rings (SSSR count). The summed E-state index contributed by atoms with van der Waals surface area (Å²) >= 11 is 3.03. The zero-order valence-electron chi connectivity index (χ0n) is 10.9. The van der Waals surface area contributed by atoms with Crippen LogP contribution in [0.2, 0.25) is 0 Å². The van der Waals surface area contributed by atoms with Gasteiger partial charge in [-0.15, -0.1) is 0 Å². The highest BCUT2D eigenvalue weighted by Crippen LogP contribution is 2.24. The molecule has 20 heavy (non-hydrogen) atoms. The van der Waals surface area contributed by atoms with Gasteiger partial charge in [0.15, 0.2) is 11.6 Å². The number of nitrogens with zero attached hydrogens (tertiary/aromatic N) is 1. The zero-order chi connectivity index (χ0) is 14.5. The first-order valence-electron chi connectivity index (χ1n) is 6.56. The summed E-state index contributed by atoms with van der Waals surface area (Å²) in [5, 5.41) is 2.58. The molecule has 0 unspecified atom stereocenters. The van der Waals surface area contributed by atoms with Crippen molar-refractivity contribution in [3.8, 4) is 0 Å². The Morgan fingerprint density at radius 2 is 1.80 bits per heavy atom. The Kier molecular flexibility index (Phi) is 5.31. The molecule has 0 atom stereocenters. The minimum atomic E-state index is -0.705. The van der Waals surface area contributed by atoms with Crippen LogP contribution >= 0.6 is 15.9 Å². The summed E-state index contributed by atoms with van der Waals surface area (Å²) in [5.74, 6) is 4.14. The number of benzene rings is 1. The lowest BCUT2D eigenvalue weighted by atomic mass is 9.96. The van der Waals surface area contributed by atoms with E-state index < -0.39 is 11.6 Å². The van der Waals surface area contributed by atoms with Gasteiger partial charge in [-0.3, -0.25) is 5.43 Å². The van der Waals surface area contributed by atoms with E-state index in [4.69, 9.17) is 5.84 Å². The van der Waals surface area contributed by atoms with Crippen LogP contribution < -0.4 is 16.6 Å². The molecule has 0 bridgehead atoms. The fraction of sp³-hybridized carbons (Fsp3) is 0.462. The predicted octanol–water partition coefficient (Wildman–Crippen LogP) is 3.29. The Balaban J connectivity index is 2.15. The van der Waals surface area contributed by atoms with Crippen LogP contribution in [0.5, 0.6) is 0 Å². The lowest BCUT2D eigenvalue weighted by molar-refractivity contribution is 0.442. The minimum Gasteiger partial charge on any atom is -0.320 e. The smallest absolute Gasteiger partial charge is 0.210 e. The van der Waals surface area contributed by atoms with Crippen molar-refractivity contribution in [2.75, 3.05) is 5.32 Å². The summed E-state index contributed by atoms with van der Waals surface area (Å²) in [5.41, 5.74) is 2.10. The Hall–Kier alpha value is -1.21. The van der Waals surface area contributed by atoms with E-state index in [1.54, 1.807) is 0 Å². The number of aliphatic imine (C=N–C) groups is 1. The third kappa shape index (κ3) is 3.89. The Labute approximate surface area is 124 Å². The van der Waals surface area contributed by atoms with Crippen molar-refractivity contribution in [3.63, 3.8) is 0 Å². The third-order valence-electron chi connectivity index (χ3n) is 3.27. The van der Waals surface area contributed by atoms with Gasteiger partial charge < -0.3 is 5.32 Å². The Morgan fingerprint density at radius 3 is 2.35 bits per heavy atom. The van der Waals surface area contributed by atoms with Crippen LogP contribution in [-0.2, 0) is 0 Å². The molecular weight excluding hydrogens is 330 g/mol. The van der Waals surface area contributed by atoms with Crippen LogP contribution in [0.4, 0.5) is 14.5 Å². The number of halogens is 3. The number of guanidine groups is 1. The summed E-state index contributed by atoms with van der Waals surface area (Å²) in [7, 11) is 0. The maximum absolute atomic E-state index is 13.7. The van der Waals surface area contributed by atoms with E-state index in [9.17, 15) is 8.78 Å². The summed E-state index contributed by atoms with van der Waals surface area (Å²) in [4.78, 5) is 4.38. The van der Waals surface area contributed by atoms with E-state index in [0.717, 1.165) is 25.7 Å². The lowest BCUT2D eigenvalue weighted by Gasteiger charge is -2.19. The van der Waals surface area contributed by atoms with E-state index in [1.165, 1.54) is 18.6 Å². The topological polar surface area (TPSA) is 62.4 Å². The number of hydrazine groups is 1. The Bertz CT molecular complexity index is 478. The second-order valence-electron chi connectivity index (χ2n) is 4.78. The number of rotatable bonds is 2. The van der Waals surface area contributed by atoms with Crippen LogP contribution in [0, 0.1) is 11.6 Å². The standard InChI is InChI=1S/C13H17BrF2N4/c14-8-6-10(15)12(11(16)7-8)19-13(20-17)18-9-4-2-1-3-5-9/h6-7,9H,1-5,17H2,(H2,18,19,20). The fourth-order valence-corrected chi connectivity index (χ4v) is 2.68. The molecule has 0 aromatic heterocycles. The summed E-state index contributed by atoms with van der Waals surface area (Å²) in [6.07, 6.45) is 5.39. The molecule has 1 saturated carbocycles. The van der Waals surface area contributed by atoms with Gasteiger partial charge in [0.1, 0.15) is 5.69 Å². The summed E-state index contributed by atoms with van der Waals surface area (Å²) in [6.45, 7) is 0. The number of hydrogen-bond donors (Lipinski definition) is 3. The van der Waals surface area contributed by atoms with Crippen molar-refractivity contribution in [1.29, 1.82) is 0 Å². The van der Waals surface area contributed by atoms with Crippen LogP contribution in [-0.4, -0.2) is 12.0 Å². The van der Waals surface area contributed by atoms with Gasteiger partial charge in [0.25, 0.3) is 0 Å². The zero-order valence-corrected chi connectivity index (χ0v) is 12.5. The second kappa shape index (κ2) is 6.99. The maximum atomic E-state index is 13.7. The average molecular weight is 347 g/mol. The molecule has 4 N–H and O–H groups in total. The van der Waals surface area contributed by atoms with Gasteiger partial charge in [0.2, 0.25) is 5.96 Å². The van der Waals surface area contributed by atoms with Crippen molar-refractivity contribution < 1.29 is 8.78 Å². The lowest BCUT2D eigenvalue weighted by Crippen LogP contribution is -2.38. The van der Waals surface area contributed by atoms with Gasteiger partial charge in [-0.1, -0.05) is 35.2 Å². The summed E-state index contributed by atoms with van der Waals surface area (Å²) < 4.78 is 27.8. The van der Waals surface area contributed by atoms with Crippen molar-refractivity contribution >= 4 is 27.6 Å². The normalized spacial score (nSPS) is 17.1. The molecule has 0 spiro atoms. The van der Waals surface area contributed by atoms with Gasteiger partial charge in [-0.25, -0.2) is 19.6 Å². The van der Waals surface area contributed by atoms with E-state index in [-0.39, 0.29) is 17.7 Å². The molecule has 0 aliphatic heterocycles. The highest BCUT2D eigenvalue weighted by Gasteiger charge is 2.15. The fourth-order valence-electron chi connectivity index (χ4n) is 2.28. The number of nitrogens with two attached hydrogens (primary N) is 1. The monoisotopic (exact) mass is 346 g/mol. The first-order chi connectivity index (χ1) is 9.60. The van der Waals surface area contributed by atoms with Crippen molar-refractivity contribution in [3.05, 3.63) is 28.2 Å². The average Bonchev–Trinajstić information content (AvgIpc) is 2.42.